The fourth-order valence-electron chi connectivity index (χ4n) is 3.35. The van der Waals surface area contributed by atoms with Crippen molar-refractivity contribution in [3.8, 4) is 11.5 Å². The van der Waals surface area contributed by atoms with Crippen molar-refractivity contribution in [2.75, 3.05) is 13.2 Å². The minimum absolute atomic E-state index is 0.160. The Balaban J connectivity index is 2.15. The summed E-state index contributed by atoms with van der Waals surface area (Å²) in [4.78, 5) is 11.9. The van der Waals surface area contributed by atoms with E-state index in [2.05, 4.69) is 15.9 Å². The maximum Gasteiger partial charge on any atom is 0.314 e. The fourth-order valence-corrected chi connectivity index (χ4v) is 3.87. The summed E-state index contributed by atoms with van der Waals surface area (Å²) >= 11 is 3.22. The van der Waals surface area contributed by atoms with E-state index in [9.17, 15) is 14.3 Å². The number of hydrogen-bond acceptors (Lipinski definition) is 3. The van der Waals surface area contributed by atoms with Crippen LogP contribution in [0.3, 0.4) is 0 Å². The highest BCUT2D eigenvalue weighted by Crippen LogP contribution is 2.48. The summed E-state index contributed by atoms with van der Waals surface area (Å²) in [6.07, 6.45) is 4.18. The van der Waals surface area contributed by atoms with Gasteiger partial charge in [-0.2, -0.15) is 0 Å². The van der Waals surface area contributed by atoms with Crippen LogP contribution in [0.15, 0.2) is 10.5 Å². The first-order chi connectivity index (χ1) is 10.6. The first-order valence-electron chi connectivity index (χ1n) is 7.58. The minimum Gasteiger partial charge on any atom is -0.490 e. The van der Waals surface area contributed by atoms with Gasteiger partial charge in [0.05, 0.1) is 23.1 Å². The number of ether oxygens (including phenoxy) is 2. The molecule has 2 aliphatic rings. The van der Waals surface area contributed by atoms with Crippen molar-refractivity contribution in [3.05, 3.63) is 21.9 Å². The molecule has 0 spiro atoms. The van der Waals surface area contributed by atoms with Gasteiger partial charge in [0.25, 0.3) is 0 Å². The van der Waals surface area contributed by atoms with Gasteiger partial charge in [0.15, 0.2) is 11.5 Å². The van der Waals surface area contributed by atoms with E-state index in [1.165, 1.54) is 6.07 Å². The second-order valence-electron chi connectivity index (χ2n) is 5.88. The van der Waals surface area contributed by atoms with Crippen LogP contribution < -0.4 is 9.47 Å². The molecule has 1 saturated carbocycles. The third-order valence-corrected chi connectivity index (χ3v) is 5.26. The topological polar surface area (TPSA) is 55.8 Å². The van der Waals surface area contributed by atoms with Gasteiger partial charge in [0.1, 0.15) is 5.82 Å². The number of halogens is 2. The maximum absolute atomic E-state index is 14.9. The number of carbonyl (C=O) groups is 1. The summed E-state index contributed by atoms with van der Waals surface area (Å²) in [5, 5.41) is 9.76. The van der Waals surface area contributed by atoms with Crippen LogP contribution >= 0.6 is 15.9 Å². The van der Waals surface area contributed by atoms with Gasteiger partial charge in [-0.1, -0.05) is 19.3 Å². The normalized spacial score (nSPS) is 20.3. The molecule has 1 fully saturated rings. The zero-order valence-corrected chi connectivity index (χ0v) is 13.7. The zero-order valence-electron chi connectivity index (χ0n) is 12.2. The zero-order chi connectivity index (χ0) is 15.7. The summed E-state index contributed by atoms with van der Waals surface area (Å²) in [6, 6.07) is 1.53. The molecule has 0 bridgehead atoms. The van der Waals surface area contributed by atoms with E-state index in [0.29, 0.717) is 44.0 Å². The van der Waals surface area contributed by atoms with Gasteiger partial charge in [0, 0.05) is 12.0 Å². The minimum atomic E-state index is -1.17. The lowest BCUT2D eigenvalue weighted by Gasteiger charge is -2.34. The summed E-state index contributed by atoms with van der Waals surface area (Å²) < 4.78 is 26.2. The van der Waals surface area contributed by atoms with Gasteiger partial charge in [-0.25, -0.2) is 4.39 Å². The molecule has 1 aromatic carbocycles. The molecule has 3 rings (SSSR count). The van der Waals surface area contributed by atoms with E-state index in [-0.39, 0.29) is 10.0 Å². The Morgan fingerprint density at radius 1 is 1.18 bits per heavy atom. The SMILES string of the molecule is O=C(O)C1(c2cc3c(c(Br)c2F)OCCCO3)CCCCC1. The largest absolute Gasteiger partial charge is 0.490 e. The summed E-state index contributed by atoms with van der Waals surface area (Å²) in [7, 11) is 0. The predicted molar refractivity (Wildman–Crippen MR) is 82.1 cm³/mol. The Morgan fingerprint density at radius 3 is 2.55 bits per heavy atom. The quantitative estimate of drug-likeness (QED) is 0.850. The van der Waals surface area contributed by atoms with E-state index < -0.39 is 17.2 Å². The number of carboxylic acids is 1. The summed E-state index contributed by atoms with van der Waals surface area (Å²) in [5.74, 6) is -0.761. The van der Waals surface area contributed by atoms with Gasteiger partial charge in [0.2, 0.25) is 0 Å². The van der Waals surface area contributed by atoms with Crippen molar-refractivity contribution in [3.63, 3.8) is 0 Å². The van der Waals surface area contributed by atoms with Crippen LogP contribution in [0.2, 0.25) is 0 Å². The third kappa shape index (κ3) is 2.47. The van der Waals surface area contributed by atoms with E-state index in [1.807, 2.05) is 0 Å². The van der Waals surface area contributed by atoms with E-state index >= 15 is 0 Å². The Labute approximate surface area is 136 Å². The molecule has 1 aliphatic carbocycles. The molecule has 1 aromatic rings. The highest BCUT2D eigenvalue weighted by Gasteiger charge is 2.44. The number of hydrogen-bond donors (Lipinski definition) is 1. The van der Waals surface area contributed by atoms with Crippen molar-refractivity contribution in [1.29, 1.82) is 0 Å². The van der Waals surface area contributed by atoms with Crippen LogP contribution in [0, 0.1) is 5.82 Å². The first-order valence-corrected chi connectivity index (χ1v) is 8.37. The molecule has 0 aromatic heterocycles. The van der Waals surface area contributed by atoms with Crippen molar-refractivity contribution in [1.82, 2.24) is 0 Å². The van der Waals surface area contributed by atoms with Crippen LogP contribution in [0.1, 0.15) is 44.1 Å². The highest BCUT2D eigenvalue weighted by atomic mass is 79.9. The predicted octanol–water partition coefficient (Wildman–Crippen LogP) is 4.04. The van der Waals surface area contributed by atoms with Gasteiger partial charge < -0.3 is 14.6 Å². The van der Waals surface area contributed by atoms with Gasteiger partial charge in [-0.3, -0.25) is 4.79 Å². The van der Waals surface area contributed by atoms with E-state index in [0.717, 1.165) is 19.3 Å². The number of carboxylic acid groups (broad SMARTS) is 1. The average molecular weight is 373 g/mol. The lowest BCUT2D eigenvalue weighted by atomic mass is 9.69. The summed E-state index contributed by atoms with van der Waals surface area (Å²) in [6.45, 7) is 0.930. The smallest absolute Gasteiger partial charge is 0.314 e. The number of aliphatic carboxylic acids is 1. The van der Waals surface area contributed by atoms with Crippen LogP contribution in [0.4, 0.5) is 4.39 Å². The molecule has 22 heavy (non-hydrogen) atoms. The van der Waals surface area contributed by atoms with E-state index in [4.69, 9.17) is 9.47 Å². The van der Waals surface area contributed by atoms with Gasteiger partial charge >= 0.3 is 5.97 Å². The monoisotopic (exact) mass is 372 g/mol. The second kappa shape index (κ2) is 6.07. The van der Waals surface area contributed by atoms with E-state index in [1.54, 1.807) is 0 Å². The lowest BCUT2D eigenvalue weighted by Crippen LogP contribution is -2.38. The maximum atomic E-state index is 14.9. The Hall–Kier alpha value is -1.30. The van der Waals surface area contributed by atoms with Crippen LogP contribution in [-0.2, 0) is 10.2 Å². The molecule has 1 heterocycles. The standard InChI is InChI=1S/C16H18BrFO4/c17-12-13(18)10(9-11-14(12)22-8-4-7-21-11)16(15(19)20)5-2-1-3-6-16/h9H,1-8H2,(H,19,20). The molecule has 0 amide bonds. The Bertz CT molecular complexity index is 596. The van der Waals surface area contributed by atoms with Crippen LogP contribution in [0.5, 0.6) is 11.5 Å². The van der Waals surface area contributed by atoms with Crippen molar-refractivity contribution in [2.45, 2.75) is 43.9 Å². The van der Waals surface area contributed by atoms with Gasteiger partial charge in [-0.15, -0.1) is 0 Å². The number of fused-ring (bicyclic) bond motifs is 1. The number of benzene rings is 1. The second-order valence-corrected chi connectivity index (χ2v) is 6.67. The molecule has 4 nitrogen and oxygen atoms in total. The van der Waals surface area contributed by atoms with Crippen molar-refractivity contribution >= 4 is 21.9 Å². The molecule has 0 unspecified atom stereocenters. The average Bonchev–Trinajstić information content (AvgIpc) is 2.77. The molecule has 0 radical (unpaired) electrons. The molecule has 0 saturated heterocycles. The van der Waals surface area contributed by atoms with Crippen LogP contribution in [-0.4, -0.2) is 24.3 Å². The van der Waals surface area contributed by atoms with Crippen molar-refractivity contribution < 1.29 is 23.8 Å². The number of rotatable bonds is 2. The molecular formula is C16H18BrFO4. The molecule has 6 heteroatoms. The molecule has 0 atom stereocenters. The van der Waals surface area contributed by atoms with Crippen molar-refractivity contribution in [2.24, 2.45) is 0 Å². The van der Waals surface area contributed by atoms with Gasteiger partial charge in [-0.05, 0) is 34.8 Å². The fraction of sp³-hybridized carbons (Fsp3) is 0.562. The molecule has 120 valence electrons. The Kier molecular flexibility index (Phi) is 4.30. The molecule has 1 N–H and O–H groups in total. The first kappa shape index (κ1) is 15.6. The van der Waals surface area contributed by atoms with Crippen LogP contribution in [0.25, 0.3) is 0 Å². The molecule has 1 aliphatic heterocycles. The molecular weight excluding hydrogens is 355 g/mol. The lowest BCUT2D eigenvalue weighted by molar-refractivity contribution is -0.145. The summed E-state index contributed by atoms with van der Waals surface area (Å²) in [5.41, 5.74) is -0.967. The Morgan fingerprint density at radius 2 is 1.86 bits per heavy atom. The third-order valence-electron chi connectivity index (χ3n) is 4.55. The highest BCUT2D eigenvalue weighted by molar-refractivity contribution is 9.10.